The van der Waals surface area contributed by atoms with Crippen molar-refractivity contribution < 1.29 is 56.1 Å². The van der Waals surface area contributed by atoms with Crippen molar-refractivity contribution >= 4 is 29.4 Å². The van der Waals surface area contributed by atoms with Crippen LogP contribution in [0.4, 0.5) is 17.6 Å². The molecule has 0 aliphatic carbocycles. The zero-order valence-electron chi connectivity index (χ0n) is 23.1. The Hall–Kier alpha value is -4.49. The zero-order chi connectivity index (χ0) is 31.8. The number of benzene rings is 2. The summed E-state index contributed by atoms with van der Waals surface area (Å²) in [4.78, 5) is 61.7. The minimum atomic E-state index is -4.81. The fraction of sp³-hybridized carbons (Fsp3) is 0.393. The van der Waals surface area contributed by atoms with Crippen molar-refractivity contribution in [1.82, 2.24) is 10.6 Å². The number of hydrogen-bond acceptors (Lipinski definition) is 7. The highest BCUT2D eigenvalue weighted by Gasteiger charge is 2.33. The molecule has 2 aromatic carbocycles. The number of Topliss-reactive ketones (excluding diaryl/α,β-unsaturated/α-hetero) is 2. The van der Waals surface area contributed by atoms with Crippen LogP contribution in [0.1, 0.15) is 48.7 Å². The van der Waals surface area contributed by atoms with E-state index in [4.69, 9.17) is 9.47 Å². The van der Waals surface area contributed by atoms with Crippen molar-refractivity contribution in [2.24, 2.45) is 5.92 Å². The minimum Gasteiger partial charge on any atom is -0.496 e. The fourth-order valence-corrected chi connectivity index (χ4v) is 3.79. The van der Waals surface area contributed by atoms with Crippen LogP contribution in [0.2, 0.25) is 0 Å². The van der Waals surface area contributed by atoms with E-state index >= 15 is 0 Å². The predicted octanol–water partition coefficient (Wildman–Crippen LogP) is 3.35. The number of ether oxygens (including phenoxy) is 2. The lowest BCUT2D eigenvalue weighted by molar-refractivity contribution is -0.141. The molecule has 0 fully saturated rings. The SMILES string of the molecule is COc1ccc(C(C)=O)cc1CC(=O)N[C@H](C(=O)NC(CC(=O)O)C(=O)COc1cc(C(F)(F)F)ccc1F)C(C)C. The van der Waals surface area contributed by atoms with Gasteiger partial charge in [-0.1, -0.05) is 13.8 Å². The number of carboxylic acids is 1. The Morgan fingerprint density at radius 2 is 1.64 bits per heavy atom. The summed E-state index contributed by atoms with van der Waals surface area (Å²) in [6.07, 6.45) is -6.02. The molecule has 0 saturated carbocycles. The molecule has 1 unspecified atom stereocenters. The molecule has 0 heterocycles. The Bertz CT molecular complexity index is 1340. The van der Waals surface area contributed by atoms with Gasteiger partial charge in [0, 0.05) is 11.1 Å². The van der Waals surface area contributed by atoms with Crippen LogP contribution in [0.15, 0.2) is 36.4 Å². The number of hydrogen-bond donors (Lipinski definition) is 3. The maximum atomic E-state index is 14.0. The lowest BCUT2D eigenvalue weighted by Gasteiger charge is -2.25. The first-order valence-corrected chi connectivity index (χ1v) is 12.5. The quantitative estimate of drug-likeness (QED) is 0.222. The molecule has 0 aromatic heterocycles. The Kier molecular flexibility index (Phi) is 11.6. The molecule has 10 nitrogen and oxygen atoms in total. The summed E-state index contributed by atoms with van der Waals surface area (Å²) >= 11 is 0. The molecule has 2 rings (SSSR count). The highest BCUT2D eigenvalue weighted by Crippen LogP contribution is 2.32. The van der Waals surface area contributed by atoms with Gasteiger partial charge in [-0.05, 0) is 49.2 Å². The molecule has 228 valence electrons. The van der Waals surface area contributed by atoms with Crippen LogP contribution in [0.5, 0.6) is 11.5 Å². The molecule has 0 radical (unpaired) electrons. The second-order valence-corrected chi connectivity index (χ2v) is 9.61. The van der Waals surface area contributed by atoms with E-state index in [1.54, 1.807) is 13.8 Å². The van der Waals surface area contributed by atoms with E-state index in [0.717, 1.165) is 0 Å². The van der Waals surface area contributed by atoms with Crippen molar-refractivity contribution in [1.29, 1.82) is 0 Å². The Labute approximate surface area is 238 Å². The number of ketones is 2. The normalized spacial score (nSPS) is 12.7. The summed E-state index contributed by atoms with van der Waals surface area (Å²) in [6, 6.07) is 2.88. The van der Waals surface area contributed by atoms with Crippen LogP contribution < -0.4 is 20.1 Å². The second-order valence-electron chi connectivity index (χ2n) is 9.61. The number of nitrogens with one attached hydrogen (secondary N) is 2. The van der Waals surface area contributed by atoms with Crippen molar-refractivity contribution in [3.63, 3.8) is 0 Å². The first-order chi connectivity index (χ1) is 19.5. The molecule has 2 aromatic rings. The number of rotatable bonds is 14. The Morgan fingerprint density at radius 1 is 0.976 bits per heavy atom. The molecule has 3 N–H and O–H groups in total. The van der Waals surface area contributed by atoms with Gasteiger partial charge >= 0.3 is 12.1 Å². The molecule has 0 aliphatic heterocycles. The first-order valence-electron chi connectivity index (χ1n) is 12.5. The molecule has 14 heteroatoms. The van der Waals surface area contributed by atoms with Crippen LogP contribution in [0.25, 0.3) is 0 Å². The molecular formula is C28H30F4N2O8. The first kappa shape index (κ1) is 33.7. The Balaban J connectivity index is 2.16. The predicted molar refractivity (Wildman–Crippen MR) is 140 cm³/mol. The van der Waals surface area contributed by atoms with Gasteiger partial charge in [0.05, 0.1) is 25.5 Å². The average Bonchev–Trinajstić information content (AvgIpc) is 2.89. The van der Waals surface area contributed by atoms with Crippen molar-refractivity contribution in [3.05, 3.63) is 58.9 Å². The summed E-state index contributed by atoms with van der Waals surface area (Å²) in [5, 5.41) is 14.0. The van der Waals surface area contributed by atoms with Crippen LogP contribution in [-0.4, -0.2) is 60.3 Å². The summed E-state index contributed by atoms with van der Waals surface area (Å²) in [5.74, 6) is -6.69. The number of carbonyl (C=O) groups excluding carboxylic acids is 4. The Morgan fingerprint density at radius 3 is 2.19 bits per heavy atom. The number of amides is 2. The van der Waals surface area contributed by atoms with E-state index in [2.05, 4.69) is 10.6 Å². The molecule has 0 bridgehead atoms. The minimum absolute atomic E-state index is 0.243. The largest absolute Gasteiger partial charge is 0.496 e. The van der Waals surface area contributed by atoms with Crippen molar-refractivity contribution in [2.75, 3.05) is 13.7 Å². The number of methoxy groups -OCH3 is 1. The second kappa shape index (κ2) is 14.4. The number of halogens is 4. The van der Waals surface area contributed by atoms with Gasteiger partial charge in [0.2, 0.25) is 11.8 Å². The van der Waals surface area contributed by atoms with Crippen LogP contribution in [0.3, 0.4) is 0 Å². The van der Waals surface area contributed by atoms with E-state index in [9.17, 15) is 46.6 Å². The summed E-state index contributed by atoms with van der Waals surface area (Å²) < 4.78 is 62.9. The van der Waals surface area contributed by atoms with E-state index in [1.807, 2.05) is 0 Å². The molecule has 42 heavy (non-hydrogen) atoms. The maximum absolute atomic E-state index is 14.0. The number of carboxylic acid groups (broad SMARTS) is 1. The number of carbonyl (C=O) groups is 5. The lowest BCUT2D eigenvalue weighted by atomic mass is 10.0. The molecule has 0 aliphatic rings. The van der Waals surface area contributed by atoms with Gasteiger partial charge in [-0.25, -0.2) is 4.39 Å². The van der Waals surface area contributed by atoms with E-state index in [-0.39, 0.29) is 12.2 Å². The molecule has 2 atom stereocenters. The van der Waals surface area contributed by atoms with E-state index < -0.39 is 77.9 Å². The maximum Gasteiger partial charge on any atom is 0.416 e. The van der Waals surface area contributed by atoms with Crippen molar-refractivity contribution in [2.45, 2.75) is 51.9 Å². The van der Waals surface area contributed by atoms with Gasteiger partial charge in [-0.3, -0.25) is 24.0 Å². The molecule has 0 spiro atoms. The summed E-state index contributed by atoms with van der Waals surface area (Å²) in [7, 11) is 1.37. The van der Waals surface area contributed by atoms with Crippen LogP contribution in [-0.2, 0) is 31.8 Å². The third-order valence-corrected chi connectivity index (χ3v) is 6.02. The number of aliphatic carboxylic acids is 1. The van der Waals surface area contributed by atoms with Gasteiger partial charge in [0.15, 0.2) is 23.1 Å². The third kappa shape index (κ3) is 9.56. The average molecular weight is 599 g/mol. The van der Waals surface area contributed by atoms with Crippen LogP contribution in [0, 0.1) is 11.7 Å². The standard InChI is InChI=1S/C28H30F4N2O8/c1-14(2)26(34-24(37)10-17-9-16(15(3)35)5-8-22(17)41-4)27(40)33-20(12-25(38)39)21(36)13-42-23-11-18(28(30,31)32)6-7-19(23)29/h5-9,11,14,20,26H,10,12-13H2,1-4H3,(H,33,40)(H,34,37)(H,38,39)/t20?,26-/m0/s1. The number of alkyl halides is 3. The fourth-order valence-electron chi connectivity index (χ4n) is 3.79. The summed E-state index contributed by atoms with van der Waals surface area (Å²) in [6.45, 7) is 3.45. The van der Waals surface area contributed by atoms with Gasteiger partial charge in [0.1, 0.15) is 24.4 Å². The van der Waals surface area contributed by atoms with Gasteiger partial charge < -0.3 is 25.2 Å². The highest BCUT2D eigenvalue weighted by molar-refractivity contribution is 5.96. The van der Waals surface area contributed by atoms with Crippen LogP contribution >= 0.6 is 0 Å². The molecule has 0 saturated heterocycles. The molecular weight excluding hydrogens is 568 g/mol. The molecule has 2 amide bonds. The topological polar surface area (TPSA) is 148 Å². The third-order valence-electron chi connectivity index (χ3n) is 6.02. The smallest absolute Gasteiger partial charge is 0.416 e. The van der Waals surface area contributed by atoms with Gasteiger partial charge in [-0.15, -0.1) is 0 Å². The van der Waals surface area contributed by atoms with Gasteiger partial charge in [0.25, 0.3) is 0 Å². The summed E-state index contributed by atoms with van der Waals surface area (Å²) in [5.41, 5.74) is -0.537. The van der Waals surface area contributed by atoms with Gasteiger partial charge in [-0.2, -0.15) is 13.2 Å². The van der Waals surface area contributed by atoms with E-state index in [1.165, 1.54) is 32.2 Å². The van der Waals surface area contributed by atoms with Crippen molar-refractivity contribution in [3.8, 4) is 11.5 Å². The lowest BCUT2D eigenvalue weighted by Crippen LogP contribution is -2.54. The zero-order valence-corrected chi connectivity index (χ0v) is 23.1. The van der Waals surface area contributed by atoms with E-state index in [0.29, 0.717) is 35.1 Å². The monoisotopic (exact) mass is 598 g/mol. The highest BCUT2D eigenvalue weighted by atomic mass is 19.4.